The largest absolute Gasteiger partial charge is 0.497 e. The lowest BCUT2D eigenvalue weighted by Gasteiger charge is -2.27. The van der Waals surface area contributed by atoms with Gasteiger partial charge in [-0.15, -0.1) is 0 Å². The first-order valence-corrected chi connectivity index (χ1v) is 11.5. The molecule has 2 N–H and O–H groups in total. The van der Waals surface area contributed by atoms with Crippen LogP contribution in [0.4, 0.5) is 26.3 Å². The zero-order chi connectivity index (χ0) is 29.2. The minimum Gasteiger partial charge on any atom is -0.497 e. The van der Waals surface area contributed by atoms with Crippen molar-refractivity contribution in [3.05, 3.63) is 47.5 Å². The van der Waals surface area contributed by atoms with Gasteiger partial charge in [0.25, 0.3) is 0 Å². The molecule has 0 aliphatic carbocycles. The summed E-state index contributed by atoms with van der Waals surface area (Å²) >= 11 is 0. The summed E-state index contributed by atoms with van der Waals surface area (Å²) in [4.78, 5) is 27.6. The number of carboxylic acids is 2. The van der Waals surface area contributed by atoms with E-state index in [0.717, 1.165) is 64.8 Å². The van der Waals surface area contributed by atoms with E-state index in [0.29, 0.717) is 0 Å². The summed E-state index contributed by atoms with van der Waals surface area (Å²) in [6.45, 7) is 8.56. The van der Waals surface area contributed by atoms with Crippen molar-refractivity contribution in [1.29, 1.82) is 0 Å². The average Bonchev–Trinajstić information content (AvgIpc) is 3.26. The lowest BCUT2D eigenvalue weighted by atomic mass is 10.2. The Bertz CT molecular complexity index is 1040. The van der Waals surface area contributed by atoms with Gasteiger partial charge in [0.15, 0.2) is 0 Å². The second kappa shape index (κ2) is 14.1. The van der Waals surface area contributed by atoms with Crippen LogP contribution in [0.5, 0.6) is 5.75 Å². The zero-order valence-corrected chi connectivity index (χ0v) is 20.8. The Kier molecular flexibility index (Phi) is 11.5. The molecular formula is C23H28F6N4O6. The number of methoxy groups -OCH3 is 1. The van der Waals surface area contributed by atoms with Gasteiger partial charge in [-0.25, -0.2) is 14.6 Å². The van der Waals surface area contributed by atoms with Gasteiger partial charge in [-0.3, -0.25) is 9.80 Å². The monoisotopic (exact) mass is 570 g/mol. The fourth-order valence-electron chi connectivity index (χ4n) is 3.55. The SMILES string of the molecule is COc1ccc(CN2CCn3cc(CN4CCOCC4)nc3C2)cc1.O=C(O)C(F)(F)F.O=C(O)C(F)(F)F. The van der Waals surface area contributed by atoms with Gasteiger partial charge in [-0.2, -0.15) is 26.3 Å². The van der Waals surface area contributed by atoms with Gasteiger partial charge in [-0.05, 0) is 17.7 Å². The minimum absolute atomic E-state index is 0.837. The number of rotatable bonds is 5. The highest BCUT2D eigenvalue weighted by molar-refractivity contribution is 5.73. The van der Waals surface area contributed by atoms with E-state index in [9.17, 15) is 26.3 Å². The number of carboxylic acid groups (broad SMARTS) is 2. The molecule has 218 valence electrons. The first-order chi connectivity index (χ1) is 18.2. The van der Waals surface area contributed by atoms with Crippen molar-refractivity contribution in [2.45, 2.75) is 38.5 Å². The number of fused-ring (bicyclic) bond motifs is 1. The van der Waals surface area contributed by atoms with E-state index in [1.54, 1.807) is 7.11 Å². The molecule has 1 saturated heterocycles. The van der Waals surface area contributed by atoms with Crippen molar-refractivity contribution in [3.8, 4) is 5.75 Å². The van der Waals surface area contributed by atoms with Crippen LogP contribution in [0, 0.1) is 0 Å². The summed E-state index contributed by atoms with van der Waals surface area (Å²) < 4.78 is 76.4. The van der Waals surface area contributed by atoms with Crippen LogP contribution in [0.25, 0.3) is 0 Å². The number of nitrogens with zero attached hydrogens (tertiary/aromatic N) is 4. The molecule has 16 heteroatoms. The number of carbonyl (C=O) groups is 2. The second-order valence-corrected chi connectivity index (χ2v) is 8.39. The van der Waals surface area contributed by atoms with Crippen LogP contribution < -0.4 is 4.74 Å². The number of morpholine rings is 1. The van der Waals surface area contributed by atoms with Crippen LogP contribution in [0.15, 0.2) is 30.5 Å². The molecule has 39 heavy (non-hydrogen) atoms. The number of imidazole rings is 1. The molecule has 0 unspecified atom stereocenters. The number of hydrogen-bond acceptors (Lipinski definition) is 7. The van der Waals surface area contributed by atoms with Crippen molar-refractivity contribution in [2.24, 2.45) is 0 Å². The minimum atomic E-state index is -5.08. The standard InChI is InChI=1S/C19H26N4O2.2C2HF3O2/c1-24-18-4-2-16(3-5-18)12-22-6-7-23-14-17(20-19(23)15-22)13-21-8-10-25-11-9-21;2*3-2(4,5)1(6)7/h2-5,14H,6-13,15H2,1H3;2*(H,6,7). The maximum Gasteiger partial charge on any atom is 0.490 e. The Morgan fingerprint density at radius 3 is 1.92 bits per heavy atom. The molecule has 1 fully saturated rings. The molecule has 2 aliphatic rings. The van der Waals surface area contributed by atoms with E-state index in [1.165, 1.54) is 17.1 Å². The van der Waals surface area contributed by atoms with Crippen LogP contribution >= 0.6 is 0 Å². The number of benzene rings is 1. The normalized spacial score (nSPS) is 16.2. The van der Waals surface area contributed by atoms with Crippen molar-refractivity contribution in [2.75, 3.05) is 40.0 Å². The van der Waals surface area contributed by atoms with Crippen molar-refractivity contribution in [3.63, 3.8) is 0 Å². The third kappa shape index (κ3) is 11.1. The Balaban J connectivity index is 0.000000317. The van der Waals surface area contributed by atoms with E-state index in [-0.39, 0.29) is 0 Å². The number of halogens is 6. The number of ether oxygens (including phenoxy) is 2. The highest BCUT2D eigenvalue weighted by Gasteiger charge is 2.38. The summed E-state index contributed by atoms with van der Waals surface area (Å²) in [5.41, 5.74) is 2.50. The summed E-state index contributed by atoms with van der Waals surface area (Å²) in [5.74, 6) is -3.42. The highest BCUT2D eigenvalue weighted by Crippen LogP contribution is 2.19. The Morgan fingerprint density at radius 1 is 0.897 bits per heavy atom. The number of hydrogen-bond donors (Lipinski definition) is 2. The summed E-state index contributed by atoms with van der Waals surface area (Å²) in [7, 11) is 1.70. The van der Waals surface area contributed by atoms with Gasteiger partial charge >= 0.3 is 24.3 Å². The summed E-state index contributed by atoms with van der Waals surface area (Å²) in [5, 5.41) is 14.2. The van der Waals surface area contributed by atoms with Crippen molar-refractivity contribution >= 4 is 11.9 Å². The van der Waals surface area contributed by atoms with Crippen molar-refractivity contribution in [1.82, 2.24) is 19.4 Å². The zero-order valence-electron chi connectivity index (χ0n) is 20.8. The first-order valence-electron chi connectivity index (χ1n) is 11.5. The average molecular weight is 570 g/mol. The molecule has 2 aliphatic heterocycles. The first kappa shape index (κ1) is 31.8. The van der Waals surface area contributed by atoms with Gasteiger partial charge in [-0.1, -0.05) is 12.1 Å². The van der Waals surface area contributed by atoms with Gasteiger partial charge in [0.05, 0.1) is 32.6 Å². The molecule has 0 spiro atoms. The van der Waals surface area contributed by atoms with Gasteiger partial charge in [0.1, 0.15) is 11.6 Å². The molecule has 0 bridgehead atoms. The van der Waals surface area contributed by atoms with E-state index in [4.69, 9.17) is 34.3 Å². The summed E-state index contributed by atoms with van der Waals surface area (Å²) in [6.07, 6.45) is -7.94. The Hall–Kier alpha value is -3.37. The molecule has 1 aromatic heterocycles. The molecule has 0 saturated carbocycles. The lowest BCUT2D eigenvalue weighted by molar-refractivity contribution is -0.193. The Morgan fingerprint density at radius 2 is 1.44 bits per heavy atom. The smallest absolute Gasteiger partial charge is 0.490 e. The molecule has 0 atom stereocenters. The maximum atomic E-state index is 10.6. The molecule has 2 aromatic rings. The predicted octanol–water partition coefficient (Wildman–Crippen LogP) is 3.01. The lowest BCUT2D eigenvalue weighted by Crippen LogP contribution is -2.35. The number of alkyl halides is 6. The third-order valence-corrected chi connectivity index (χ3v) is 5.47. The molecule has 10 nitrogen and oxygen atoms in total. The quantitative estimate of drug-likeness (QED) is 0.524. The predicted molar refractivity (Wildman–Crippen MR) is 123 cm³/mol. The van der Waals surface area contributed by atoms with Gasteiger partial charge in [0, 0.05) is 45.5 Å². The molecular weight excluding hydrogens is 542 g/mol. The molecule has 0 radical (unpaired) electrons. The third-order valence-electron chi connectivity index (χ3n) is 5.47. The van der Waals surface area contributed by atoms with Crippen molar-refractivity contribution < 1.29 is 55.6 Å². The Labute approximate surface area is 219 Å². The van der Waals surface area contributed by atoms with Gasteiger partial charge in [0.2, 0.25) is 0 Å². The van der Waals surface area contributed by atoms with Crippen LogP contribution in [-0.4, -0.2) is 93.8 Å². The van der Waals surface area contributed by atoms with E-state index >= 15 is 0 Å². The van der Waals surface area contributed by atoms with E-state index in [2.05, 4.69) is 32.7 Å². The van der Waals surface area contributed by atoms with Crippen LogP contribution in [0.1, 0.15) is 17.1 Å². The molecule has 1 aromatic carbocycles. The topological polar surface area (TPSA) is 117 Å². The van der Waals surface area contributed by atoms with Gasteiger partial charge < -0.3 is 24.3 Å². The van der Waals surface area contributed by atoms with E-state index in [1.807, 2.05) is 12.1 Å². The second-order valence-electron chi connectivity index (χ2n) is 8.39. The molecule has 3 heterocycles. The van der Waals surface area contributed by atoms with Crippen LogP contribution in [0.3, 0.4) is 0 Å². The number of aliphatic carboxylic acids is 2. The van der Waals surface area contributed by atoms with E-state index < -0.39 is 24.3 Å². The maximum absolute atomic E-state index is 10.6. The fourth-order valence-corrected chi connectivity index (χ4v) is 3.55. The molecule has 4 rings (SSSR count). The fraction of sp³-hybridized carbons (Fsp3) is 0.522. The molecule has 0 amide bonds. The highest BCUT2D eigenvalue weighted by atomic mass is 19.4. The number of aromatic nitrogens is 2. The van der Waals surface area contributed by atoms with Crippen LogP contribution in [-0.2, 0) is 40.5 Å². The summed E-state index contributed by atoms with van der Waals surface area (Å²) in [6, 6.07) is 8.34. The van der Waals surface area contributed by atoms with Crippen LogP contribution in [0.2, 0.25) is 0 Å².